The zero-order valence-corrected chi connectivity index (χ0v) is 17.9. The molecule has 0 bridgehead atoms. The predicted molar refractivity (Wildman–Crippen MR) is 112 cm³/mol. The molecule has 2 heterocycles. The van der Waals surface area contributed by atoms with Gasteiger partial charge in [0.1, 0.15) is 0 Å². The number of anilines is 1. The van der Waals surface area contributed by atoms with Crippen molar-refractivity contribution in [1.82, 2.24) is 9.21 Å². The molecule has 3 fully saturated rings. The minimum absolute atomic E-state index is 0.161. The molecule has 0 unspecified atom stereocenters. The Bertz CT molecular complexity index is 887. The lowest BCUT2D eigenvalue weighted by atomic mass is 10.0. The van der Waals surface area contributed by atoms with Gasteiger partial charge in [-0.2, -0.15) is 4.31 Å². The molecule has 29 heavy (non-hydrogen) atoms. The quantitative estimate of drug-likeness (QED) is 0.684. The molecule has 4 aliphatic rings. The summed E-state index contributed by atoms with van der Waals surface area (Å²) in [5.41, 5.74) is 1.90. The third kappa shape index (κ3) is 4.09. The summed E-state index contributed by atoms with van der Waals surface area (Å²) in [5, 5.41) is 0. The number of carbonyl (C=O) groups is 1. The van der Waals surface area contributed by atoms with E-state index in [1.54, 1.807) is 10.4 Å². The maximum Gasteiger partial charge on any atom is 0.243 e. The Morgan fingerprint density at radius 3 is 2.48 bits per heavy atom. The van der Waals surface area contributed by atoms with E-state index in [0.29, 0.717) is 30.6 Å². The molecule has 6 nitrogen and oxygen atoms in total. The standard InChI is InChI=1S/C22H31N3O3S/c26-22(16-23(19-7-8-19)15-17-5-6-17)25-13-3-4-18-14-20(9-10-21(18)25)29(27,28)24-11-1-2-12-24/h9-10,14,17,19H,1-8,11-13,15-16H2. The Hall–Kier alpha value is -1.44. The van der Waals surface area contributed by atoms with E-state index in [1.807, 2.05) is 17.0 Å². The number of aryl methyl sites for hydroxylation is 1. The fourth-order valence-corrected chi connectivity index (χ4v) is 6.31. The van der Waals surface area contributed by atoms with E-state index in [0.717, 1.165) is 55.9 Å². The smallest absolute Gasteiger partial charge is 0.243 e. The van der Waals surface area contributed by atoms with Crippen molar-refractivity contribution in [3.05, 3.63) is 23.8 Å². The maximum absolute atomic E-state index is 13.2. The first-order chi connectivity index (χ1) is 14.0. The van der Waals surface area contributed by atoms with Crippen LogP contribution in [0.4, 0.5) is 5.69 Å². The minimum atomic E-state index is -3.42. The number of fused-ring (bicyclic) bond motifs is 1. The summed E-state index contributed by atoms with van der Waals surface area (Å²) in [4.78, 5) is 17.8. The fourth-order valence-electron chi connectivity index (χ4n) is 4.74. The van der Waals surface area contributed by atoms with E-state index >= 15 is 0 Å². The number of sulfonamides is 1. The number of rotatable bonds is 7. The molecule has 0 atom stereocenters. The summed E-state index contributed by atoms with van der Waals surface area (Å²) in [6.07, 6.45) is 8.63. The van der Waals surface area contributed by atoms with Gasteiger partial charge in [0, 0.05) is 37.9 Å². The van der Waals surface area contributed by atoms with Gasteiger partial charge >= 0.3 is 0 Å². The average molecular weight is 418 g/mol. The lowest BCUT2D eigenvalue weighted by Gasteiger charge is -2.32. The highest BCUT2D eigenvalue weighted by atomic mass is 32.2. The summed E-state index contributed by atoms with van der Waals surface area (Å²) >= 11 is 0. The molecule has 2 aliphatic heterocycles. The summed E-state index contributed by atoms with van der Waals surface area (Å²) in [7, 11) is -3.42. The lowest BCUT2D eigenvalue weighted by molar-refractivity contribution is -0.120. The molecule has 5 rings (SSSR count). The van der Waals surface area contributed by atoms with Crippen LogP contribution in [0.25, 0.3) is 0 Å². The Morgan fingerprint density at radius 2 is 1.79 bits per heavy atom. The number of benzene rings is 1. The minimum Gasteiger partial charge on any atom is -0.311 e. The molecular formula is C22H31N3O3S. The topological polar surface area (TPSA) is 60.9 Å². The second kappa shape index (κ2) is 7.67. The van der Waals surface area contributed by atoms with Crippen LogP contribution in [-0.4, -0.2) is 62.3 Å². The van der Waals surface area contributed by atoms with E-state index in [2.05, 4.69) is 4.90 Å². The van der Waals surface area contributed by atoms with Crippen LogP contribution in [0.15, 0.2) is 23.1 Å². The number of hydrogen-bond donors (Lipinski definition) is 0. The maximum atomic E-state index is 13.2. The van der Waals surface area contributed by atoms with Crippen LogP contribution in [0, 0.1) is 5.92 Å². The molecule has 0 aromatic heterocycles. The monoisotopic (exact) mass is 417 g/mol. The first-order valence-electron chi connectivity index (χ1n) is 11.2. The molecule has 1 amide bonds. The van der Waals surface area contributed by atoms with Gasteiger partial charge < -0.3 is 4.90 Å². The molecule has 0 spiro atoms. The second-order valence-corrected chi connectivity index (χ2v) is 11.1. The van der Waals surface area contributed by atoms with E-state index < -0.39 is 10.0 Å². The average Bonchev–Trinajstić information content (AvgIpc) is 3.65. The number of nitrogens with zero attached hydrogens (tertiary/aromatic N) is 3. The number of carbonyl (C=O) groups excluding carboxylic acids is 1. The zero-order chi connectivity index (χ0) is 20.0. The van der Waals surface area contributed by atoms with Crippen LogP contribution in [0.2, 0.25) is 0 Å². The van der Waals surface area contributed by atoms with Gasteiger partial charge in [0.25, 0.3) is 0 Å². The zero-order valence-electron chi connectivity index (χ0n) is 17.1. The molecule has 0 N–H and O–H groups in total. The van der Waals surface area contributed by atoms with Gasteiger partial charge in [0.05, 0.1) is 11.4 Å². The highest BCUT2D eigenvalue weighted by molar-refractivity contribution is 7.89. The third-order valence-corrected chi connectivity index (χ3v) is 8.66. The molecule has 7 heteroatoms. The third-order valence-electron chi connectivity index (χ3n) is 6.76. The molecular weight excluding hydrogens is 386 g/mol. The Labute approximate surface area is 173 Å². The van der Waals surface area contributed by atoms with Gasteiger partial charge in [-0.25, -0.2) is 8.42 Å². The van der Waals surface area contributed by atoms with Crippen molar-refractivity contribution in [2.45, 2.75) is 62.3 Å². The van der Waals surface area contributed by atoms with Gasteiger partial charge in [0.2, 0.25) is 15.9 Å². The van der Waals surface area contributed by atoms with Crippen molar-refractivity contribution >= 4 is 21.6 Å². The normalized spacial score (nSPS) is 22.9. The van der Waals surface area contributed by atoms with Crippen LogP contribution < -0.4 is 4.90 Å². The second-order valence-electron chi connectivity index (χ2n) is 9.15. The van der Waals surface area contributed by atoms with Gasteiger partial charge in [-0.1, -0.05) is 0 Å². The summed E-state index contributed by atoms with van der Waals surface area (Å²) in [6, 6.07) is 5.96. The first-order valence-corrected chi connectivity index (χ1v) is 12.6. The Balaban J connectivity index is 1.34. The van der Waals surface area contributed by atoms with Gasteiger partial charge in [-0.05, 0) is 81.0 Å². The Morgan fingerprint density at radius 1 is 1.03 bits per heavy atom. The van der Waals surface area contributed by atoms with Crippen LogP contribution in [0.1, 0.15) is 50.5 Å². The number of hydrogen-bond acceptors (Lipinski definition) is 4. The van der Waals surface area contributed by atoms with Crippen molar-refractivity contribution < 1.29 is 13.2 Å². The molecule has 158 valence electrons. The molecule has 0 radical (unpaired) electrons. The molecule has 1 aromatic carbocycles. The fraction of sp³-hybridized carbons (Fsp3) is 0.682. The molecule has 1 saturated heterocycles. The van der Waals surface area contributed by atoms with Crippen LogP contribution in [0.5, 0.6) is 0 Å². The SMILES string of the molecule is O=C(CN(CC1CC1)C1CC1)N1CCCc2cc(S(=O)(=O)N3CCCC3)ccc21. The number of amides is 1. The van der Waals surface area contributed by atoms with Crippen molar-refractivity contribution in [2.75, 3.05) is 37.6 Å². The van der Waals surface area contributed by atoms with Crippen LogP contribution >= 0.6 is 0 Å². The molecule has 2 aliphatic carbocycles. The van der Waals surface area contributed by atoms with Crippen molar-refractivity contribution in [3.63, 3.8) is 0 Å². The van der Waals surface area contributed by atoms with Gasteiger partial charge in [-0.15, -0.1) is 0 Å². The predicted octanol–water partition coefficient (Wildman–Crippen LogP) is 2.62. The van der Waals surface area contributed by atoms with Gasteiger partial charge in [0.15, 0.2) is 0 Å². The van der Waals surface area contributed by atoms with Crippen LogP contribution in [0.3, 0.4) is 0 Å². The Kier molecular flexibility index (Phi) is 5.16. The van der Waals surface area contributed by atoms with E-state index in [1.165, 1.54) is 25.7 Å². The molecule has 1 aromatic rings. The summed E-state index contributed by atoms with van der Waals surface area (Å²) in [6.45, 7) is 3.51. The highest BCUT2D eigenvalue weighted by Crippen LogP contribution is 2.36. The largest absolute Gasteiger partial charge is 0.311 e. The molecule has 2 saturated carbocycles. The van der Waals surface area contributed by atoms with Crippen molar-refractivity contribution in [3.8, 4) is 0 Å². The van der Waals surface area contributed by atoms with Crippen molar-refractivity contribution in [1.29, 1.82) is 0 Å². The van der Waals surface area contributed by atoms with E-state index in [-0.39, 0.29) is 5.91 Å². The first kappa shape index (κ1) is 19.5. The van der Waals surface area contributed by atoms with Crippen LogP contribution in [-0.2, 0) is 21.2 Å². The highest BCUT2D eigenvalue weighted by Gasteiger charge is 2.36. The summed E-state index contributed by atoms with van der Waals surface area (Å²) in [5.74, 6) is 0.948. The lowest BCUT2D eigenvalue weighted by Crippen LogP contribution is -2.44. The van der Waals surface area contributed by atoms with E-state index in [4.69, 9.17) is 0 Å². The van der Waals surface area contributed by atoms with Gasteiger partial charge in [-0.3, -0.25) is 9.69 Å². The summed E-state index contributed by atoms with van der Waals surface area (Å²) < 4.78 is 27.4. The van der Waals surface area contributed by atoms with E-state index in [9.17, 15) is 13.2 Å². The van der Waals surface area contributed by atoms with Crippen molar-refractivity contribution in [2.24, 2.45) is 5.92 Å².